The molecular weight excluding hydrogens is 290 g/mol. The van der Waals surface area contributed by atoms with Crippen LogP contribution in [0.5, 0.6) is 0 Å². The van der Waals surface area contributed by atoms with Crippen LogP contribution in [-0.2, 0) is 9.84 Å². The Kier molecular flexibility index (Phi) is 4.77. The number of sulfone groups is 1. The zero-order valence-corrected chi connectivity index (χ0v) is 13.8. The van der Waals surface area contributed by atoms with Gasteiger partial charge in [0.1, 0.15) is 5.82 Å². The molecule has 0 bridgehead atoms. The van der Waals surface area contributed by atoms with E-state index in [0.717, 1.165) is 39.0 Å². The van der Waals surface area contributed by atoms with Crippen LogP contribution in [0.2, 0.25) is 0 Å². The minimum Gasteiger partial charge on any atom is -0.383 e. The summed E-state index contributed by atoms with van der Waals surface area (Å²) in [5.41, 5.74) is 6.13. The molecule has 7 nitrogen and oxygen atoms in total. The Morgan fingerprint density at radius 1 is 1.29 bits per heavy atom. The first-order chi connectivity index (χ1) is 9.90. The molecule has 1 aliphatic rings. The molecule has 120 valence electrons. The molecule has 0 aromatic carbocycles. The number of nitrogens with zero attached hydrogens (tertiary/aromatic N) is 3. The lowest BCUT2D eigenvalue weighted by Gasteiger charge is -2.28. The van der Waals surface area contributed by atoms with Gasteiger partial charge in [0.2, 0.25) is 0 Å². The van der Waals surface area contributed by atoms with Gasteiger partial charge in [0.05, 0.1) is 6.04 Å². The van der Waals surface area contributed by atoms with Crippen LogP contribution >= 0.6 is 0 Å². The largest absolute Gasteiger partial charge is 0.383 e. The van der Waals surface area contributed by atoms with Gasteiger partial charge in [0, 0.05) is 32.4 Å². The van der Waals surface area contributed by atoms with Crippen LogP contribution in [-0.4, -0.2) is 50.6 Å². The smallest absolute Gasteiger partial charge is 0.182 e. The molecule has 1 aromatic heterocycles. The Morgan fingerprint density at radius 2 is 1.86 bits per heavy atom. The second-order valence-electron chi connectivity index (χ2n) is 5.46. The molecule has 1 fully saturated rings. The average Bonchev–Trinajstić information content (AvgIpc) is 2.79. The first kappa shape index (κ1) is 16.1. The maximum absolute atomic E-state index is 12.2. The Hall–Kier alpha value is -1.28. The normalized spacial score (nSPS) is 16.7. The average molecular weight is 315 g/mol. The van der Waals surface area contributed by atoms with E-state index in [0.29, 0.717) is 5.82 Å². The molecule has 0 unspecified atom stereocenters. The fraction of sp³-hybridized carbons (Fsp3) is 0.769. The van der Waals surface area contributed by atoms with E-state index >= 15 is 0 Å². The molecule has 2 heterocycles. The number of nitrogens with two attached hydrogens (primary N) is 1. The van der Waals surface area contributed by atoms with Crippen LogP contribution in [0.25, 0.3) is 0 Å². The van der Waals surface area contributed by atoms with E-state index in [2.05, 4.69) is 24.3 Å². The van der Waals surface area contributed by atoms with Crippen molar-refractivity contribution in [3.8, 4) is 0 Å². The fourth-order valence-electron chi connectivity index (χ4n) is 2.77. The maximum atomic E-state index is 12.2. The molecule has 21 heavy (non-hydrogen) atoms. The second kappa shape index (κ2) is 6.23. The summed E-state index contributed by atoms with van der Waals surface area (Å²) in [4.78, 5) is 2.18. The van der Waals surface area contributed by atoms with E-state index in [1.165, 1.54) is 6.26 Å². The molecule has 1 aliphatic heterocycles. The Morgan fingerprint density at radius 3 is 2.33 bits per heavy atom. The van der Waals surface area contributed by atoms with E-state index < -0.39 is 9.84 Å². The molecule has 8 heteroatoms. The summed E-state index contributed by atoms with van der Waals surface area (Å²) in [5.74, 6) is 0.767. The van der Waals surface area contributed by atoms with E-state index in [-0.39, 0.29) is 16.8 Å². The van der Waals surface area contributed by atoms with Crippen LogP contribution in [0.15, 0.2) is 4.90 Å². The van der Waals surface area contributed by atoms with Crippen molar-refractivity contribution < 1.29 is 8.42 Å². The molecule has 0 radical (unpaired) electrons. The SMILES string of the molecule is CCC(CC)n1nc(N2CCNCC2)c(S(C)(=O)=O)c1N. The van der Waals surface area contributed by atoms with Crippen molar-refractivity contribution in [2.24, 2.45) is 0 Å². The topological polar surface area (TPSA) is 93.2 Å². The highest BCUT2D eigenvalue weighted by Gasteiger charge is 2.29. The molecule has 0 spiro atoms. The number of nitrogens with one attached hydrogen (secondary N) is 1. The van der Waals surface area contributed by atoms with E-state index in [1.807, 2.05) is 4.90 Å². The van der Waals surface area contributed by atoms with E-state index in [4.69, 9.17) is 5.73 Å². The van der Waals surface area contributed by atoms with E-state index in [9.17, 15) is 8.42 Å². The van der Waals surface area contributed by atoms with Gasteiger partial charge in [0.25, 0.3) is 0 Å². The van der Waals surface area contributed by atoms with Crippen molar-refractivity contribution in [3.63, 3.8) is 0 Å². The number of anilines is 2. The minimum atomic E-state index is -3.41. The lowest BCUT2D eigenvalue weighted by atomic mass is 10.2. The Bertz CT molecular complexity index is 586. The molecule has 3 N–H and O–H groups in total. The van der Waals surface area contributed by atoms with Gasteiger partial charge in [-0.1, -0.05) is 13.8 Å². The molecular formula is C13H25N5O2S. The number of hydrogen-bond acceptors (Lipinski definition) is 6. The molecule has 2 rings (SSSR count). The van der Waals surface area contributed by atoms with Crippen molar-refractivity contribution in [2.75, 3.05) is 43.1 Å². The highest BCUT2D eigenvalue weighted by molar-refractivity contribution is 7.91. The number of piperazine rings is 1. The molecule has 0 saturated carbocycles. The van der Waals surface area contributed by atoms with Crippen LogP contribution in [0.4, 0.5) is 11.6 Å². The van der Waals surface area contributed by atoms with Gasteiger partial charge in [-0.05, 0) is 12.8 Å². The van der Waals surface area contributed by atoms with Crippen molar-refractivity contribution in [2.45, 2.75) is 37.6 Å². The highest BCUT2D eigenvalue weighted by atomic mass is 32.2. The van der Waals surface area contributed by atoms with Crippen molar-refractivity contribution in [1.82, 2.24) is 15.1 Å². The number of nitrogen functional groups attached to an aromatic ring is 1. The summed E-state index contributed by atoms with van der Waals surface area (Å²) < 4.78 is 26.0. The van der Waals surface area contributed by atoms with Gasteiger partial charge in [-0.25, -0.2) is 13.1 Å². The minimum absolute atomic E-state index is 0.127. The molecule has 0 aliphatic carbocycles. The van der Waals surface area contributed by atoms with Crippen LogP contribution in [0.1, 0.15) is 32.7 Å². The summed E-state index contributed by atoms with van der Waals surface area (Å²) in [5, 5.41) is 7.80. The predicted molar refractivity (Wildman–Crippen MR) is 84.5 cm³/mol. The van der Waals surface area contributed by atoms with Crippen molar-refractivity contribution in [3.05, 3.63) is 0 Å². The zero-order chi connectivity index (χ0) is 15.6. The van der Waals surface area contributed by atoms with Gasteiger partial charge >= 0.3 is 0 Å². The van der Waals surface area contributed by atoms with Gasteiger partial charge in [-0.15, -0.1) is 0 Å². The third-order valence-corrected chi connectivity index (χ3v) is 5.09. The number of rotatable bonds is 5. The first-order valence-electron chi connectivity index (χ1n) is 7.43. The van der Waals surface area contributed by atoms with Crippen LogP contribution in [0, 0.1) is 0 Å². The summed E-state index contributed by atoms with van der Waals surface area (Å²) in [6.07, 6.45) is 2.93. The summed E-state index contributed by atoms with van der Waals surface area (Å²) >= 11 is 0. The summed E-state index contributed by atoms with van der Waals surface area (Å²) in [6, 6.07) is 0.127. The first-order valence-corrected chi connectivity index (χ1v) is 9.33. The van der Waals surface area contributed by atoms with Crippen LogP contribution in [0.3, 0.4) is 0 Å². The van der Waals surface area contributed by atoms with Gasteiger partial charge in [0.15, 0.2) is 20.6 Å². The van der Waals surface area contributed by atoms with Crippen molar-refractivity contribution in [1.29, 1.82) is 0 Å². The quantitative estimate of drug-likeness (QED) is 0.828. The Balaban J connectivity index is 2.54. The van der Waals surface area contributed by atoms with E-state index in [1.54, 1.807) is 4.68 Å². The molecule has 0 amide bonds. The second-order valence-corrected chi connectivity index (χ2v) is 7.41. The zero-order valence-electron chi connectivity index (χ0n) is 13.0. The van der Waals surface area contributed by atoms with Crippen LogP contribution < -0.4 is 16.0 Å². The summed E-state index contributed by atoms with van der Waals surface area (Å²) in [7, 11) is -3.41. The third kappa shape index (κ3) is 3.16. The van der Waals surface area contributed by atoms with Gasteiger partial charge in [-0.2, -0.15) is 5.10 Å². The Labute approximate surface area is 126 Å². The lowest BCUT2D eigenvalue weighted by Crippen LogP contribution is -2.44. The monoisotopic (exact) mass is 315 g/mol. The number of hydrogen-bond donors (Lipinski definition) is 2. The third-order valence-electron chi connectivity index (χ3n) is 3.96. The molecule has 1 saturated heterocycles. The predicted octanol–water partition coefficient (Wildman–Crippen LogP) is 0.640. The van der Waals surface area contributed by atoms with Crippen molar-refractivity contribution >= 4 is 21.5 Å². The maximum Gasteiger partial charge on any atom is 0.182 e. The summed E-state index contributed by atoms with van der Waals surface area (Å²) in [6.45, 7) is 7.23. The lowest BCUT2D eigenvalue weighted by molar-refractivity contribution is 0.433. The van der Waals surface area contributed by atoms with Gasteiger partial charge in [-0.3, -0.25) is 0 Å². The fourth-order valence-corrected chi connectivity index (χ4v) is 3.75. The standard InChI is InChI=1S/C13H25N5O2S/c1-4-10(5-2)18-12(14)11(21(3,19)20)13(16-18)17-8-6-15-7-9-17/h10,15H,4-9,14H2,1-3H3. The highest BCUT2D eigenvalue weighted by Crippen LogP contribution is 2.33. The number of aromatic nitrogens is 2. The molecule has 1 aromatic rings. The molecule has 0 atom stereocenters. The van der Waals surface area contributed by atoms with Gasteiger partial charge < -0.3 is 16.0 Å².